The second-order valence-electron chi connectivity index (χ2n) is 4.55. The van der Waals surface area contributed by atoms with Crippen molar-refractivity contribution in [3.05, 3.63) is 35.4 Å². The zero-order valence-electron chi connectivity index (χ0n) is 11.4. The zero-order valence-corrected chi connectivity index (χ0v) is 11.4. The van der Waals surface area contributed by atoms with Crippen LogP contribution in [0.15, 0.2) is 24.3 Å². The van der Waals surface area contributed by atoms with Crippen LogP contribution in [0.1, 0.15) is 11.1 Å². The molecule has 1 heterocycles. The first-order valence-corrected chi connectivity index (χ1v) is 6.03. The maximum atomic E-state index is 5.66. The van der Waals surface area contributed by atoms with Crippen LogP contribution in [0.4, 0.5) is 17.8 Å². The summed E-state index contributed by atoms with van der Waals surface area (Å²) in [7, 11) is 3.72. The van der Waals surface area contributed by atoms with E-state index in [9.17, 15) is 0 Å². The van der Waals surface area contributed by atoms with E-state index in [4.69, 9.17) is 5.73 Å². The van der Waals surface area contributed by atoms with Crippen molar-refractivity contribution in [3.8, 4) is 0 Å². The van der Waals surface area contributed by atoms with E-state index in [1.165, 1.54) is 11.1 Å². The van der Waals surface area contributed by atoms with Crippen molar-refractivity contribution >= 4 is 17.8 Å². The van der Waals surface area contributed by atoms with Crippen LogP contribution in [0, 0.1) is 6.92 Å². The topological polar surface area (TPSA) is 80.0 Å². The highest BCUT2D eigenvalue weighted by Gasteiger charge is 2.05. The summed E-state index contributed by atoms with van der Waals surface area (Å²) in [6.45, 7) is 2.71. The second kappa shape index (κ2) is 5.51. The Hall–Kier alpha value is -2.37. The molecule has 0 fully saturated rings. The number of hydrogen-bond acceptors (Lipinski definition) is 6. The van der Waals surface area contributed by atoms with Gasteiger partial charge in [0, 0.05) is 20.6 Å². The lowest BCUT2D eigenvalue weighted by Gasteiger charge is -2.12. The fraction of sp³-hybridized carbons (Fsp3) is 0.308. The minimum atomic E-state index is 0.213. The molecular weight excluding hydrogens is 240 g/mol. The molecule has 0 aliphatic heterocycles. The number of nitrogens with one attached hydrogen (secondary N) is 1. The number of nitrogens with zero attached hydrogens (tertiary/aromatic N) is 4. The van der Waals surface area contributed by atoms with E-state index in [1.807, 2.05) is 20.2 Å². The number of aryl methyl sites for hydroxylation is 1. The third-order valence-corrected chi connectivity index (χ3v) is 2.57. The Labute approximate surface area is 112 Å². The fourth-order valence-corrected chi connectivity index (χ4v) is 1.66. The Bertz CT molecular complexity index is 567. The van der Waals surface area contributed by atoms with Gasteiger partial charge < -0.3 is 16.0 Å². The summed E-state index contributed by atoms with van der Waals surface area (Å²) < 4.78 is 0. The van der Waals surface area contributed by atoms with Crippen LogP contribution in [-0.4, -0.2) is 29.0 Å². The molecule has 0 amide bonds. The summed E-state index contributed by atoms with van der Waals surface area (Å²) in [5.74, 6) is 1.24. The van der Waals surface area contributed by atoms with Crippen molar-refractivity contribution in [1.82, 2.24) is 15.0 Å². The molecule has 0 bridgehead atoms. The molecule has 0 aliphatic rings. The Kier molecular flexibility index (Phi) is 3.79. The standard InChI is InChI=1S/C13H18N6/c1-9-5-4-6-10(7-9)8-15-12-16-11(14)17-13(18-12)19(2)3/h4-7H,8H2,1-3H3,(H3,14,15,16,17,18). The largest absolute Gasteiger partial charge is 0.368 e. The molecule has 19 heavy (non-hydrogen) atoms. The van der Waals surface area contributed by atoms with Crippen molar-refractivity contribution in [2.24, 2.45) is 0 Å². The highest BCUT2D eigenvalue weighted by molar-refractivity contribution is 5.41. The summed E-state index contributed by atoms with van der Waals surface area (Å²) in [6.07, 6.45) is 0. The first kappa shape index (κ1) is 13.1. The van der Waals surface area contributed by atoms with Crippen LogP contribution < -0.4 is 16.0 Å². The summed E-state index contributed by atoms with van der Waals surface area (Å²) in [4.78, 5) is 14.2. The Balaban J connectivity index is 2.11. The lowest BCUT2D eigenvalue weighted by atomic mass is 10.1. The quantitative estimate of drug-likeness (QED) is 0.863. The third-order valence-electron chi connectivity index (χ3n) is 2.57. The molecule has 0 unspecified atom stereocenters. The molecule has 100 valence electrons. The van der Waals surface area contributed by atoms with Gasteiger partial charge in [0.25, 0.3) is 0 Å². The van der Waals surface area contributed by atoms with Gasteiger partial charge in [-0.1, -0.05) is 29.8 Å². The van der Waals surface area contributed by atoms with Gasteiger partial charge in [-0.3, -0.25) is 0 Å². The van der Waals surface area contributed by atoms with Crippen LogP contribution in [-0.2, 0) is 6.54 Å². The van der Waals surface area contributed by atoms with Gasteiger partial charge in [-0.15, -0.1) is 0 Å². The number of aromatic nitrogens is 3. The maximum Gasteiger partial charge on any atom is 0.231 e. The minimum absolute atomic E-state index is 0.213. The highest BCUT2D eigenvalue weighted by Crippen LogP contribution is 2.11. The van der Waals surface area contributed by atoms with E-state index < -0.39 is 0 Å². The number of nitrogens with two attached hydrogens (primary N) is 1. The van der Waals surface area contributed by atoms with Crippen molar-refractivity contribution in [3.63, 3.8) is 0 Å². The van der Waals surface area contributed by atoms with E-state index in [-0.39, 0.29) is 5.95 Å². The molecule has 2 aromatic rings. The zero-order chi connectivity index (χ0) is 13.8. The smallest absolute Gasteiger partial charge is 0.231 e. The Morgan fingerprint density at radius 1 is 1.21 bits per heavy atom. The molecule has 6 heteroatoms. The van der Waals surface area contributed by atoms with E-state index in [0.717, 1.165) is 0 Å². The average molecular weight is 258 g/mol. The molecule has 0 radical (unpaired) electrons. The second-order valence-corrected chi connectivity index (χ2v) is 4.55. The predicted octanol–water partition coefficient (Wildman–Crippen LogP) is 1.44. The predicted molar refractivity (Wildman–Crippen MR) is 77.1 cm³/mol. The number of rotatable bonds is 4. The summed E-state index contributed by atoms with van der Waals surface area (Å²) in [6, 6.07) is 8.26. The average Bonchev–Trinajstić information content (AvgIpc) is 2.36. The van der Waals surface area contributed by atoms with Crippen LogP contribution >= 0.6 is 0 Å². The van der Waals surface area contributed by atoms with Gasteiger partial charge in [0.05, 0.1) is 0 Å². The van der Waals surface area contributed by atoms with E-state index >= 15 is 0 Å². The van der Waals surface area contributed by atoms with Gasteiger partial charge in [-0.2, -0.15) is 15.0 Å². The lowest BCUT2D eigenvalue weighted by molar-refractivity contribution is 0.950. The molecule has 2 rings (SSSR count). The Morgan fingerprint density at radius 2 is 2.00 bits per heavy atom. The van der Waals surface area contributed by atoms with Gasteiger partial charge in [-0.25, -0.2) is 0 Å². The fourth-order valence-electron chi connectivity index (χ4n) is 1.66. The monoisotopic (exact) mass is 258 g/mol. The van der Waals surface area contributed by atoms with Gasteiger partial charge in [0.1, 0.15) is 0 Å². The molecule has 3 N–H and O–H groups in total. The molecule has 0 saturated carbocycles. The molecular formula is C13H18N6. The van der Waals surface area contributed by atoms with Gasteiger partial charge >= 0.3 is 0 Å². The lowest BCUT2D eigenvalue weighted by Crippen LogP contribution is -2.16. The summed E-state index contributed by atoms with van der Waals surface area (Å²) in [5, 5.41) is 3.16. The van der Waals surface area contributed by atoms with Crippen molar-refractivity contribution in [2.45, 2.75) is 13.5 Å². The SMILES string of the molecule is Cc1cccc(CNc2nc(N)nc(N(C)C)n2)c1. The molecule has 0 aliphatic carbocycles. The number of hydrogen-bond donors (Lipinski definition) is 2. The first-order chi connectivity index (χ1) is 9.04. The molecule has 0 atom stereocenters. The van der Waals surface area contributed by atoms with Crippen LogP contribution in [0.2, 0.25) is 0 Å². The van der Waals surface area contributed by atoms with E-state index in [0.29, 0.717) is 18.4 Å². The van der Waals surface area contributed by atoms with Crippen molar-refractivity contribution in [2.75, 3.05) is 30.0 Å². The van der Waals surface area contributed by atoms with E-state index in [1.54, 1.807) is 4.90 Å². The van der Waals surface area contributed by atoms with Crippen LogP contribution in [0.25, 0.3) is 0 Å². The highest BCUT2D eigenvalue weighted by atomic mass is 15.3. The van der Waals surface area contributed by atoms with Crippen molar-refractivity contribution < 1.29 is 0 Å². The minimum Gasteiger partial charge on any atom is -0.368 e. The van der Waals surface area contributed by atoms with Gasteiger partial charge in [-0.05, 0) is 12.5 Å². The molecule has 0 spiro atoms. The normalized spacial score (nSPS) is 10.3. The van der Waals surface area contributed by atoms with Gasteiger partial charge in [0.15, 0.2) is 0 Å². The third kappa shape index (κ3) is 3.54. The molecule has 6 nitrogen and oxygen atoms in total. The Morgan fingerprint density at radius 3 is 2.68 bits per heavy atom. The van der Waals surface area contributed by atoms with Crippen LogP contribution in [0.5, 0.6) is 0 Å². The molecule has 0 saturated heterocycles. The maximum absolute atomic E-state index is 5.66. The van der Waals surface area contributed by atoms with Gasteiger partial charge in [0.2, 0.25) is 17.8 Å². The number of benzene rings is 1. The van der Waals surface area contributed by atoms with E-state index in [2.05, 4.69) is 45.4 Å². The number of anilines is 3. The first-order valence-electron chi connectivity index (χ1n) is 6.03. The number of nitrogen functional groups attached to an aromatic ring is 1. The molecule has 1 aromatic heterocycles. The molecule has 1 aromatic carbocycles. The van der Waals surface area contributed by atoms with Crippen molar-refractivity contribution in [1.29, 1.82) is 0 Å². The summed E-state index contributed by atoms with van der Waals surface area (Å²) in [5.41, 5.74) is 8.06. The van der Waals surface area contributed by atoms with Crippen LogP contribution in [0.3, 0.4) is 0 Å². The summed E-state index contributed by atoms with van der Waals surface area (Å²) >= 11 is 0.